The number of hydrogen-bond donors (Lipinski definition) is 0. The van der Waals surface area contributed by atoms with E-state index in [1.165, 1.54) is 75.4 Å². The van der Waals surface area contributed by atoms with Gasteiger partial charge in [-0.3, -0.25) is 9.36 Å². The van der Waals surface area contributed by atoms with Gasteiger partial charge in [-0.15, -0.1) is 0 Å². The fourth-order valence-electron chi connectivity index (χ4n) is 6.74. The zero-order valence-electron chi connectivity index (χ0n) is 18.3. The van der Waals surface area contributed by atoms with Gasteiger partial charge in [-0.05, 0) is 88.7 Å². The Morgan fingerprint density at radius 3 is 2.40 bits per heavy atom. The van der Waals surface area contributed by atoms with Crippen molar-refractivity contribution in [3.8, 4) is 0 Å². The standard InChI is InChI=1S/C25H36N4O/c30-25-22-13-4-3-12-21(22)23-15-26-28(24(23)29(25)20-10-5-11-20)17-18-7-6-14-27(16-18)19-8-1-2-9-19/h15,18-20H,1-14,16-17H2. The first-order chi connectivity index (χ1) is 14.8. The van der Waals surface area contributed by atoms with Crippen LogP contribution in [-0.2, 0) is 19.4 Å². The van der Waals surface area contributed by atoms with E-state index in [9.17, 15) is 4.79 Å². The third kappa shape index (κ3) is 3.16. The highest BCUT2D eigenvalue weighted by Crippen LogP contribution is 2.36. The van der Waals surface area contributed by atoms with Crippen molar-refractivity contribution >= 4 is 11.0 Å². The summed E-state index contributed by atoms with van der Waals surface area (Å²) in [5.74, 6) is 0.656. The highest BCUT2D eigenvalue weighted by molar-refractivity contribution is 5.81. The number of hydrogen-bond acceptors (Lipinski definition) is 3. The summed E-state index contributed by atoms with van der Waals surface area (Å²) < 4.78 is 4.40. The quantitative estimate of drug-likeness (QED) is 0.750. The lowest BCUT2D eigenvalue weighted by Crippen LogP contribution is -2.42. The third-order valence-electron chi connectivity index (χ3n) is 8.57. The van der Waals surface area contributed by atoms with Crippen LogP contribution in [0.5, 0.6) is 0 Å². The molecule has 5 nitrogen and oxygen atoms in total. The number of pyridine rings is 1. The van der Waals surface area contributed by atoms with Gasteiger partial charge in [0, 0.05) is 36.1 Å². The second-order valence-electron chi connectivity index (χ2n) is 10.4. The molecule has 0 bridgehead atoms. The second kappa shape index (κ2) is 7.81. The van der Waals surface area contributed by atoms with Crippen LogP contribution in [0.25, 0.3) is 11.0 Å². The summed E-state index contributed by atoms with van der Waals surface area (Å²) in [6.07, 6.45) is 18.2. The summed E-state index contributed by atoms with van der Waals surface area (Å²) in [6, 6.07) is 1.21. The molecule has 2 aromatic rings. The molecular weight excluding hydrogens is 372 g/mol. The Morgan fingerprint density at radius 1 is 0.867 bits per heavy atom. The van der Waals surface area contributed by atoms with E-state index >= 15 is 0 Å². The molecule has 0 N–H and O–H groups in total. The maximum Gasteiger partial charge on any atom is 0.255 e. The number of fused-ring (bicyclic) bond motifs is 3. The number of rotatable bonds is 4. The molecule has 2 saturated carbocycles. The Balaban J connectivity index is 1.36. The lowest BCUT2D eigenvalue weighted by molar-refractivity contribution is 0.115. The van der Waals surface area contributed by atoms with Crippen LogP contribution < -0.4 is 5.56 Å². The van der Waals surface area contributed by atoms with Gasteiger partial charge in [0.15, 0.2) is 0 Å². The summed E-state index contributed by atoms with van der Waals surface area (Å²) in [5, 5.41) is 6.18. The Labute approximate surface area is 179 Å². The predicted octanol–water partition coefficient (Wildman–Crippen LogP) is 4.46. The van der Waals surface area contributed by atoms with Gasteiger partial charge in [-0.2, -0.15) is 5.10 Å². The molecule has 2 aromatic heterocycles. The molecular formula is C25H36N4O. The average Bonchev–Trinajstić information content (AvgIpc) is 3.41. The van der Waals surface area contributed by atoms with Gasteiger partial charge in [-0.25, -0.2) is 4.68 Å². The van der Waals surface area contributed by atoms with Crippen molar-refractivity contribution in [2.45, 2.75) is 102 Å². The molecule has 3 aliphatic carbocycles. The summed E-state index contributed by atoms with van der Waals surface area (Å²) >= 11 is 0. The summed E-state index contributed by atoms with van der Waals surface area (Å²) in [5.41, 5.74) is 3.87. The van der Waals surface area contributed by atoms with Gasteiger partial charge in [-0.1, -0.05) is 12.8 Å². The molecule has 162 valence electrons. The van der Waals surface area contributed by atoms with Gasteiger partial charge in [0.05, 0.1) is 6.20 Å². The topological polar surface area (TPSA) is 43.1 Å². The minimum Gasteiger partial charge on any atom is -0.300 e. The van der Waals surface area contributed by atoms with Gasteiger partial charge >= 0.3 is 0 Å². The molecule has 0 radical (unpaired) electrons. The minimum absolute atomic E-state index is 0.305. The SMILES string of the molecule is O=c1c2c(c3cnn(CC4CCCN(C5CCCC5)C4)c3n1C1CCC1)CCCC2. The average molecular weight is 409 g/mol. The first-order valence-electron chi connectivity index (χ1n) is 12.7. The van der Waals surface area contributed by atoms with Gasteiger partial charge in [0.25, 0.3) is 5.56 Å². The highest BCUT2D eigenvalue weighted by atomic mass is 16.1. The summed E-state index contributed by atoms with van der Waals surface area (Å²) in [6.45, 7) is 3.46. The number of aromatic nitrogens is 3. The molecule has 30 heavy (non-hydrogen) atoms. The number of likely N-dealkylation sites (tertiary alicyclic amines) is 1. The Bertz CT molecular complexity index is 979. The minimum atomic E-state index is 0.305. The molecule has 5 heteroatoms. The van der Waals surface area contributed by atoms with E-state index < -0.39 is 0 Å². The van der Waals surface area contributed by atoms with Crippen LogP contribution in [-0.4, -0.2) is 38.4 Å². The van der Waals surface area contributed by atoms with Crippen molar-refractivity contribution in [2.24, 2.45) is 5.92 Å². The first kappa shape index (κ1) is 19.1. The number of nitrogens with zero attached hydrogens (tertiary/aromatic N) is 4. The molecule has 4 aliphatic rings. The molecule has 0 amide bonds. The van der Waals surface area contributed by atoms with Crippen molar-refractivity contribution in [2.75, 3.05) is 13.1 Å². The second-order valence-corrected chi connectivity index (χ2v) is 10.4. The molecule has 3 heterocycles. The van der Waals surface area contributed by atoms with Crippen LogP contribution in [0.3, 0.4) is 0 Å². The third-order valence-corrected chi connectivity index (χ3v) is 8.57. The molecule has 1 aliphatic heterocycles. The fourth-order valence-corrected chi connectivity index (χ4v) is 6.74. The maximum absolute atomic E-state index is 13.5. The Kier molecular flexibility index (Phi) is 4.97. The molecule has 0 aromatic carbocycles. The predicted molar refractivity (Wildman–Crippen MR) is 120 cm³/mol. The van der Waals surface area contributed by atoms with Gasteiger partial charge < -0.3 is 4.90 Å². The van der Waals surface area contributed by atoms with Crippen LogP contribution in [0, 0.1) is 5.92 Å². The van der Waals surface area contributed by atoms with Crippen LogP contribution in [0.15, 0.2) is 11.0 Å². The fraction of sp³-hybridized carbons (Fsp3) is 0.760. The van der Waals surface area contributed by atoms with Gasteiger partial charge in [0.2, 0.25) is 0 Å². The monoisotopic (exact) mass is 408 g/mol. The summed E-state index contributed by atoms with van der Waals surface area (Å²) in [7, 11) is 0. The van der Waals surface area contributed by atoms with Crippen LogP contribution in [0.1, 0.15) is 87.8 Å². The molecule has 1 unspecified atom stereocenters. The van der Waals surface area contributed by atoms with Crippen molar-refractivity contribution in [3.63, 3.8) is 0 Å². The lowest BCUT2D eigenvalue weighted by Gasteiger charge is -2.37. The normalized spacial score (nSPS) is 26.2. The first-order valence-corrected chi connectivity index (χ1v) is 12.7. The van der Waals surface area contributed by atoms with Crippen molar-refractivity contribution in [1.82, 2.24) is 19.2 Å². The Hall–Kier alpha value is -1.62. The summed E-state index contributed by atoms with van der Waals surface area (Å²) in [4.78, 5) is 16.3. The Morgan fingerprint density at radius 2 is 1.63 bits per heavy atom. The van der Waals surface area contributed by atoms with E-state index in [2.05, 4.69) is 20.3 Å². The zero-order valence-corrected chi connectivity index (χ0v) is 18.3. The van der Waals surface area contributed by atoms with E-state index in [0.717, 1.165) is 55.9 Å². The van der Waals surface area contributed by atoms with E-state index in [-0.39, 0.29) is 0 Å². The molecule has 1 saturated heterocycles. The number of piperidine rings is 1. The van der Waals surface area contributed by atoms with E-state index in [0.29, 0.717) is 17.5 Å². The number of aryl methyl sites for hydroxylation is 1. The maximum atomic E-state index is 13.5. The lowest BCUT2D eigenvalue weighted by atomic mass is 9.88. The smallest absolute Gasteiger partial charge is 0.255 e. The highest BCUT2D eigenvalue weighted by Gasteiger charge is 2.31. The molecule has 1 atom stereocenters. The molecule has 6 rings (SSSR count). The van der Waals surface area contributed by atoms with E-state index in [4.69, 9.17) is 5.10 Å². The zero-order chi connectivity index (χ0) is 20.1. The van der Waals surface area contributed by atoms with Crippen LogP contribution in [0.2, 0.25) is 0 Å². The van der Waals surface area contributed by atoms with Crippen LogP contribution in [0.4, 0.5) is 0 Å². The van der Waals surface area contributed by atoms with Crippen molar-refractivity contribution < 1.29 is 0 Å². The largest absolute Gasteiger partial charge is 0.300 e. The van der Waals surface area contributed by atoms with E-state index in [1.807, 2.05) is 0 Å². The molecule has 0 spiro atoms. The molecule has 3 fully saturated rings. The van der Waals surface area contributed by atoms with Crippen LogP contribution >= 0.6 is 0 Å². The van der Waals surface area contributed by atoms with Gasteiger partial charge in [0.1, 0.15) is 5.65 Å². The van der Waals surface area contributed by atoms with Crippen molar-refractivity contribution in [1.29, 1.82) is 0 Å². The van der Waals surface area contributed by atoms with E-state index in [1.54, 1.807) is 0 Å². The van der Waals surface area contributed by atoms with Crippen molar-refractivity contribution in [3.05, 3.63) is 27.7 Å².